The standard InChI is InChI=1S/C9H10ClNOS2/c1-13-9(14-2)11-7-5-6(10)3-4-8(7)12-9/h3-5,11H,1-2H3. The van der Waals surface area contributed by atoms with E-state index in [2.05, 4.69) is 5.32 Å². The van der Waals surface area contributed by atoms with Crippen LogP contribution < -0.4 is 10.1 Å². The fourth-order valence-electron chi connectivity index (χ4n) is 1.29. The van der Waals surface area contributed by atoms with Crippen molar-refractivity contribution in [3.05, 3.63) is 23.2 Å². The number of nitrogens with one attached hydrogen (secondary N) is 1. The molecule has 0 saturated carbocycles. The largest absolute Gasteiger partial charge is 0.447 e. The average Bonchev–Trinajstić information content (AvgIpc) is 2.56. The Morgan fingerprint density at radius 3 is 2.71 bits per heavy atom. The van der Waals surface area contributed by atoms with Crippen LogP contribution in [0.4, 0.5) is 5.69 Å². The summed E-state index contributed by atoms with van der Waals surface area (Å²) in [5, 5.41) is 4.03. The van der Waals surface area contributed by atoms with Crippen molar-refractivity contribution in [3.8, 4) is 5.75 Å². The molecule has 1 heterocycles. The summed E-state index contributed by atoms with van der Waals surface area (Å²) in [6.45, 7) is 0. The predicted molar refractivity (Wildman–Crippen MR) is 65.5 cm³/mol. The van der Waals surface area contributed by atoms with Gasteiger partial charge in [0.15, 0.2) is 0 Å². The van der Waals surface area contributed by atoms with Crippen molar-refractivity contribution >= 4 is 40.8 Å². The first-order valence-corrected chi connectivity index (χ1v) is 6.89. The van der Waals surface area contributed by atoms with Crippen molar-refractivity contribution in [1.29, 1.82) is 0 Å². The summed E-state index contributed by atoms with van der Waals surface area (Å²) in [5.74, 6) is 0.859. The van der Waals surface area contributed by atoms with Gasteiger partial charge in [-0.3, -0.25) is 0 Å². The summed E-state index contributed by atoms with van der Waals surface area (Å²) < 4.78 is 5.41. The van der Waals surface area contributed by atoms with Gasteiger partial charge < -0.3 is 10.1 Å². The topological polar surface area (TPSA) is 21.3 Å². The SMILES string of the molecule is CSC1(SC)Nc2cc(Cl)ccc2O1. The average molecular weight is 248 g/mol. The Labute approximate surface area is 96.7 Å². The maximum absolute atomic E-state index is 5.89. The Morgan fingerprint density at radius 2 is 2.07 bits per heavy atom. The Balaban J connectivity index is 2.33. The zero-order valence-corrected chi connectivity index (χ0v) is 10.2. The molecule has 0 aromatic heterocycles. The van der Waals surface area contributed by atoms with Gasteiger partial charge in [0.05, 0.1) is 5.69 Å². The molecule has 0 spiro atoms. The molecule has 0 unspecified atom stereocenters. The number of rotatable bonds is 2. The molecule has 1 N–H and O–H groups in total. The Morgan fingerprint density at radius 1 is 1.36 bits per heavy atom. The third-order valence-electron chi connectivity index (χ3n) is 2.01. The number of hydrogen-bond donors (Lipinski definition) is 1. The van der Waals surface area contributed by atoms with Gasteiger partial charge in [0.2, 0.25) is 0 Å². The van der Waals surface area contributed by atoms with Crippen LogP contribution in [-0.2, 0) is 0 Å². The minimum Gasteiger partial charge on any atom is -0.447 e. The number of benzene rings is 1. The lowest BCUT2D eigenvalue weighted by Gasteiger charge is -2.23. The first-order chi connectivity index (χ1) is 6.69. The van der Waals surface area contributed by atoms with E-state index in [0.717, 1.165) is 16.5 Å². The zero-order valence-electron chi connectivity index (χ0n) is 7.83. The molecule has 5 heteroatoms. The van der Waals surface area contributed by atoms with Crippen LogP contribution in [0.2, 0.25) is 5.02 Å². The number of thioether (sulfide) groups is 2. The molecule has 1 aromatic carbocycles. The van der Waals surface area contributed by atoms with Crippen LogP contribution in [0.25, 0.3) is 0 Å². The van der Waals surface area contributed by atoms with Crippen LogP contribution >= 0.6 is 35.1 Å². The van der Waals surface area contributed by atoms with E-state index >= 15 is 0 Å². The van der Waals surface area contributed by atoms with Gasteiger partial charge in [-0.05, 0) is 30.7 Å². The maximum atomic E-state index is 5.89. The van der Waals surface area contributed by atoms with Crippen molar-refractivity contribution in [1.82, 2.24) is 0 Å². The van der Waals surface area contributed by atoms with Crippen LogP contribution in [0.1, 0.15) is 0 Å². The highest BCUT2D eigenvalue weighted by Gasteiger charge is 2.37. The molecular formula is C9H10ClNOS2. The van der Waals surface area contributed by atoms with Crippen molar-refractivity contribution < 1.29 is 4.74 Å². The second-order valence-corrected chi connectivity index (χ2v) is 5.49. The van der Waals surface area contributed by atoms with Crippen LogP contribution in [0.5, 0.6) is 5.75 Å². The third-order valence-corrected chi connectivity index (χ3v) is 4.69. The maximum Gasteiger partial charge on any atom is 0.278 e. The summed E-state index contributed by atoms with van der Waals surface area (Å²) in [6.07, 6.45) is 4.02. The number of hydrogen-bond acceptors (Lipinski definition) is 4. The van der Waals surface area contributed by atoms with E-state index in [1.165, 1.54) is 0 Å². The van der Waals surface area contributed by atoms with Crippen LogP contribution in [0.15, 0.2) is 18.2 Å². The van der Waals surface area contributed by atoms with Crippen molar-refractivity contribution in [2.45, 2.75) is 4.39 Å². The molecule has 2 nitrogen and oxygen atoms in total. The number of halogens is 1. The molecular weight excluding hydrogens is 238 g/mol. The lowest BCUT2D eigenvalue weighted by molar-refractivity contribution is 0.311. The van der Waals surface area contributed by atoms with Gasteiger partial charge in [0, 0.05) is 5.02 Å². The van der Waals surface area contributed by atoms with Gasteiger partial charge in [-0.2, -0.15) is 0 Å². The van der Waals surface area contributed by atoms with E-state index in [-0.39, 0.29) is 0 Å². The van der Waals surface area contributed by atoms with Gasteiger partial charge in [0.1, 0.15) is 5.75 Å². The molecule has 0 aliphatic carbocycles. The van der Waals surface area contributed by atoms with Gasteiger partial charge in [0.25, 0.3) is 4.39 Å². The van der Waals surface area contributed by atoms with E-state index in [9.17, 15) is 0 Å². The highest BCUT2D eigenvalue weighted by atomic mass is 35.5. The lowest BCUT2D eigenvalue weighted by atomic mass is 10.3. The van der Waals surface area contributed by atoms with Crippen LogP contribution in [0.3, 0.4) is 0 Å². The fourth-order valence-corrected chi connectivity index (χ4v) is 2.90. The molecule has 0 radical (unpaired) electrons. The summed E-state index contributed by atoms with van der Waals surface area (Å²) >= 11 is 9.15. The fraction of sp³-hybridized carbons (Fsp3) is 0.333. The summed E-state index contributed by atoms with van der Waals surface area (Å²) in [5.41, 5.74) is 0.959. The molecule has 1 aliphatic rings. The van der Waals surface area contributed by atoms with Crippen LogP contribution in [0, 0.1) is 0 Å². The van der Waals surface area contributed by atoms with Crippen molar-refractivity contribution in [2.24, 2.45) is 0 Å². The molecule has 76 valence electrons. The molecule has 0 fully saturated rings. The molecule has 0 bridgehead atoms. The minimum atomic E-state index is -0.396. The first kappa shape index (κ1) is 10.3. The van der Waals surface area contributed by atoms with Crippen molar-refractivity contribution in [3.63, 3.8) is 0 Å². The Bertz CT molecular complexity index is 355. The van der Waals surface area contributed by atoms with E-state index < -0.39 is 4.39 Å². The van der Waals surface area contributed by atoms with E-state index in [1.54, 1.807) is 23.5 Å². The molecule has 1 aliphatic heterocycles. The second-order valence-electron chi connectivity index (χ2n) is 2.83. The molecule has 1 aromatic rings. The molecule has 0 atom stereocenters. The monoisotopic (exact) mass is 247 g/mol. The van der Waals surface area contributed by atoms with E-state index in [1.807, 2.05) is 30.7 Å². The Hall–Kier alpha value is -0.190. The highest BCUT2D eigenvalue weighted by molar-refractivity contribution is 8.17. The summed E-state index contributed by atoms with van der Waals surface area (Å²) in [6, 6.07) is 5.60. The van der Waals surface area contributed by atoms with Gasteiger partial charge in [-0.1, -0.05) is 35.1 Å². The summed E-state index contributed by atoms with van der Waals surface area (Å²) in [4.78, 5) is 0. The van der Waals surface area contributed by atoms with Crippen LogP contribution in [-0.4, -0.2) is 16.9 Å². The zero-order chi connectivity index (χ0) is 10.2. The smallest absolute Gasteiger partial charge is 0.278 e. The van der Waals surface area contributed by atoms with Gasteiger partial charge in [-0.15, -0.1) is 0 Å². The summed E-state index contributed by atoms with van der Waals surface area (Å²) in [7, 11) is 0. The highest BCUT2D eigenvalue weighted by Crippen LogP contribution is 2.46. The van der Waals surface area contributed by atoms with E-state index in [0.29, 0.717) is 0 Å². The van der Waals surface area contributed by atoms with Crippen molar-refractivity contribution in [2.75, 3.05) is 17.8 Å². The molecule has 14 heavy (non-hydrogen) atoms. The normalized spacial score (nSPS) is 17.1. The first-order valence-electron chi connectivity index (χ1n) is 4.06. The molecule has 0 saturated heterocycles. The minimum absolute atomic E-state index is 0.396. The molecule has 2 rings (SSSR count). The lowest BCUT2D eigenvalue weighted by Crippen LogP contribution is -2.31. The number of anilines is 1. The predicted octanol–water partition coefficient (Wildman–Crippen LogP) is 3.48. The van der Waals surface area contributed by atoms with Gasteiger partial charge in [-0.25, -0.2) is 0 Å². The molecule has 0 amide bonds. The quantitative estimate of drug-likeness (QED) is 0.808. The van der Waals surface area contributed by atoms with Gasteiger partial charge >= 0.3 is 0 Å². The Kier molecular flexibility index (Phi) is 2.77. The second kappa shape index (κ2) is 3.76. The third kappa shape index (κ3) is 1.66. The number of fused-ring (bicyclic) bond motifs is 1. The van der Waals surface area contributed by atoms with E-state index in [4.69, 9.17) is 16.3 Å². The number of ether oxygens (including phenoxy) is 1.